The predicted octanol–water partition coefficient (Wildman–Crippen LogP) is 2.24. The number of sulfonamides is 1. The number of hydrogen-bond acceptors (Lipinski definition) is 6. The van der Waals surface area contributed by atoms with Gasteiger partial charge in [-0.2, -0.15) is 0 Å². The molecule has 2 aromatic rings. The molecule has 1 fully saturated rings. The Morgan fingerprint density at radius 1 is 1.23 bits per heavy atom. The summed E-state index contributed by atoms with van der Waals surface area (Å²) in [6.07, 6.45) is 4.64. The third kappa shape index (κ3) is 4.15. The van der Waals surface area contributed by atoms with Gasteiger partial charge in [-0.25, -0.2) is 23.1 Å². The van der Waals surface area contributed by atoms with Gasteiger partial charge < -0.3 is 11.5 Å². The van der Waals surface area contributed by atoms with Crippen LogP contribution in [0.25, 0.3) is 11.1 Å². The Morgan fingerprint density at radius 2 is 1.92 bits per heavy atom. The van der Waals surface area contributed by atoms with E-state index in [0.717, 1.165) is 25.7 Å². The van der Waals surface area contributed by atoms with Gasteiger partial charge in [0.1, 0.15) is 4.90 Å². The Labute approximate surface area is 158 Å². The van der Waals surface area contributed by atoms with Gasteiger partial charge in [0.2, 0.25) is 16.0 Å². The number of aromatic nitrogens is 2. The largest absolute Gasteiger partial charge is 0.368 e. The van der Waals surface area contributed by atoms with Crippen LogP contribution in [0.5, 0.6) is 0 Å². The Morgan fingerprint density at radius 3 is 2.58 bits per heavy atom. The monoisotopic (exact) mass is 395 g/mol. The summed E-state index contributed by atoms with van der Waals surface area (Å²) in [6, 6.07) is 4.87. The van der Waals surface area contributed by atoms with Gasteiger partial charge in [0.25, 0.3) is 0 Å². The smallest absolute Gasteiger partial charge is 0.242 e. The molecule has 1 saturated carbocycles. The van der Waals surface area contributed by atoms with Crippen LogP contribution in [0.3, 0.4) is 0 Å². The molecule has 0 bridgehead atoms. The van der Waals surface area contributed by atoms with E-state index in [1.54, 1.807) is 31.3 Å². The van der Waals surface area contributed by atoms with Gasteiger partial charge in [0.05, 0.1) is 10.7 Å². The molecular formula is C17H22ClN5O2S. The van der Waals surface area contributed by atoms with Gasteiger partial charge >= 0.3 is 0 Å². The van der Waals surface area contributed by atoms with Gasteiger partial charge in [-0.05, 0) is 50.3 Å². The van der Waals surface area contributed by atoms with Crippen LogP contribution in [0.4, 0.5) is 5.95 Å². The predicted molar refractivity (Wildman–Crippen MR) is 102 cm³/mol. The van der Waals surface area contributed by atoms with Crippen molar-refractivity contribution in [2.45, 2.75) is 49.6 Å². The highest BCUT2D eigenvalue weighted by Gasteiger charge is 2.26. The molecule has 1 aromatic carbocycles. The first-order chi connectivity index (χ1) is 12.3. The molecule has 0 saturated heterocycles. The summed E-state index contributed by atoms with van der Waals surface area (Å²) in [6.45, 7) is 1.79. The second-order valence-electron chi connectivity index (χ2n) is 6.61. The molecule has 1 aliphatic carbocycles. The zero-order valence-corrected chi connectivity index (χ0v) is 16.0. The lowest BCUT2D eigenvalue weighted by atomic mass is 9.93. The fourth-order valence-corrected chi connectivity index (χ4v) is 5.00. The van der Waals surface area contributed by atoms with Gasteiger partial charge in [-0.3, -0.25) is 0 Å². The minimum absolute atomic E-state index is 0.0442. The highest BCUT2D eigenvalue weighted by atomic mass is 35.5. The Kier molecular flexibility index (Phi) is 5.47. The molecule has 0 spiro atoms. The maximum absolute atomic E-state index is 12.8. The van der Waals surface area contributed by atoms with Crippen molar-refractivity contribution in [2.24, 2.45) is 5.73 Å². The molecular weight excluding hydrogens is 374 g/mol. The zero-order valence-electron chi connectivity index (χ0n) is 14.4. The number of nitrogen functional groups attached to an aromatic ring is 1. The number of aryl methyl sites for hydroxylation is 1. The van der Waals surface area contributed by atoms with E-state index >= 15 is 0 Å². The molecule has 0 aliphatic heterocycles. The van der Waals surface area contributed by atoms with Crippen LogP contribution in [0.2, 0.25) is 5.02 Å². The molecule has 1 heterocycles. The fraction of sp³-hybridized carbons (Fsp3) is 0.412. The lowest BCUT2D eigenvalue weighted by molar-refractivity contribution is 0.373. The van der Waals surface area contributed by atoms with Crippen molar-refractivity contribution in [2.75, 3.05) is 5.73 Å². The zero-order chi connectivity index (χ0) is 18.9. The van der Waals surface area contributed by atoms with Gasteiger partial charge in [0.15, 0.2) is 0 Å². The third-order valence-electron chi connectivity index (χ3n) is 4.62. The summed E-state index contributed by atoms with van der Waals surface area (Å²) in [5.41, 5.74) is 13.5. The second-order valence-corrected chi connectivity index (χ2v) is 8.70. The third-order valence-corrected chi connectivity index (χ3v) is 6.63. The molecule has 0 amide bonds. The average Bonchev–Trinajstić information content (AvgIpc) is 2.57. The first-order valence-electron chi connectivity index (χ1n) is 8.43. The first kappa shape index (κ1) is 19.0. The Hall–Kier alpha value is -1.74. The molecule has 5 N–H and O–H groups in total. The van der Waals surface area contributed by atoms with E-state index < -0.39 is 10.0 Å². The number of nitrogens with zero attached hydrogens (tertiary/aromatic N) is 2. The number of halogens is 1. The number of nitrogens with two attached hydrogens (primary N) is 2. The molecule has 9 heteroatoms. The molecule has 3 rings (SSSR count). The second kappa shape index (κ2) is 7.48. The summed E-state index contributed by atoms with van der Waals surface area (Å²) in [5, 5.41) is 0.169. The van der Waals surface area contributed by atoms with Crippen molar-refractivity contribution in [1.82, 2.24) is 14.7 Å². The molecule has 0 atom stereocenters. The number of rotatable bonds is 4. The summed E-state index contributed by atoms with van der Waals surface area (Å²) in [7, 11) is -3.75. The van der Waals surface area contributed by atoms with Crippen LogP contribution >= 0.6 is 11.6 Å². The SMILES string of the molecule is Cc1nc(N)ncc1-c1ccc(Cl)c(S(=O)(=O)N[C@H]2CC[C@H](N)CC2)c1. The average molecular weight is 396 g/mol. The van der Waals surface area contributed by atoms with Gasteiger partial charge in [-0.1, -0.05) is 17.7 Å². The summed E-state index contributed by atoms with van der Waals surface area (Å²) >= 11 is 6.18. The number of anilines is 1. The maximum Gasteiger partial charge on any atom is 0.242 e. The molecule has 26 heavy (non-hydrogen) atoms. The fourth-order valence-electron chi connectivity index (χ4n) is 3.17. The number of nitrogens with one attached hydrogen (secondary N) is 1. The highest BCUT2D eigenvalue weighted by molar-refractivity contribution is 7.89. The van der Waals surface area contributed by atoms with E-state index in [1.165, 1.54) is 0 Å². The van der Waals surface area contributed by atoms with E-state index in [-0.39, 0.29) is 28.0 Å². The molecule has 7 nitrogen and oxygen atoms in total. The number of benzene rings is 1. The van der Waals surface area contributed by atoms with Crippen molar-refractivity contribution in [3.63, 3.8) is 0 Å². The van der Waals surface area contributed by atoms with E-state index in [4.69, 9.17) is 23.1 Å². The van der Waals surface area contributed by atoms with Crippen LogP contribution in [0.15, 0.2) is 29.3 Å². The Balaban J connectivity index is 1.91. The van der Waals surface area contributed by atoms with E-state index in [9.17, 15) is 8.42 Å². The minimum atomic E-state index is -3.75. The van der Waals surface area contributed by atoms with Crippen LogP contribution in [-0.4, -0.2) is 30.5 Å². The quantitative estimate of drug-likeness (QED) is 0.729. The van der Waals surface area contributed by atoms with Crippen LogP contribution < -0.4 is 16.2 Å². The molecule has 140 valence electrons. The van der Waals surface area contributed by atoms with Crippen LogP contribution in [0.1, 0.15) is 31.4 Å². The Bertz CT molecular complexity index is 911. The van der Waals surface area contributed by atoms with Crippen molar-refractivity contribution in [1.29, 1.82) is 0 Å². The van der Waals surface area contributed by atoms with E-state index in [0.29, 0.717) is 16.8 Å². The van der Waals surface area contributed by atoms with Gasteiger partial charge in [-0.15, -0.1) is 0 Å². The van der Waals surface area contributed by atoms with Crippen LogP contribution in [0, 0.1) is 6.92 Å². The van der Waals surface area contributed by atoms with E-state index in [1.807, 2.05) is 0 Å². The topological polar surface area (TPSA) is 124 Å². The molecule has 1 aromatic heterocycles. The van der Waals surface area contributed by atoms with Crippen molar-refractivity contribution < 1.29 is 8.42 Å². The van der Waals surface area contributed by atoms with Crippen molar-refractivity contribution in [3.8, 4) is 11.1 Å². The van der Waals surface area contributed by atoms with Crippen LogP contribution in [-0.2, 0) is 10.0 Å². The standard InChI is InChI=1S/C17H22ClN5O2S/c1-10-14(9-21-17(20)22-10)11-2-7-15(18)16(8-11)26(24,25)23-13-5-3-12(19)4-6-13/h2,7-9,12-13,23H,3-6,19H2,1H3,(H2,20,21,22)/t12-,13-. The summed E-state index contributed by atoms with van der Waals surface area (Å²) in [4.78, 5) is 8.15. The first-order valence-corrected chi connectivity index (χ1v) is 10.3. The number of hydrogen-bond donors (Lipinski definition) is 3. The molecule has 0 radical (unpaired) electrons. The normalized spacial score (nSPS) is 20.9. The minimum Gasteiger partial charge on any atom is -0.368 e. The van der Waals surface area contributed by atoms with Crippen molar-refractivity contribution >= 4 is 27.6 Å². The van der Waals surface area contributed by atoms with E-state index in [2.05, 4.69) is 14.7 Å². The lowest BCUT2D eigenvalue weighted by Crippen LogP contribution is -2.40. The maximum atomic E-state index is 12.8. The lowest BCUT2D eigenvalue weighted by Gasteiger charge is -2.26. The molecule has 1 aliphatic rings. The highest BCUT2D eigenvalue weighted by Crippen LogP contribution is 2.30. The van der Waals surface area contributed by atoms with Gasteiger partial charge in [0, 0.05) is 23.8 Å². The molecule has 0 unspecified atom stereocenters. The summed E-state index contributed by atoms with van der Waals surface area (Å²) in [5.74, 6) is 0.172. The van der Waals surface area contributed by atoms with Crippen molar-refractivity contribution in [3.05, 3.63) is 35.1 Å². The summed E-state index contributed by atoms with van der Waals surface area (Å²) < 4.78 is 28.5.